The van der Waals surface area contributed by atoms with E-state index in [2.05, 4.69) is 15.6 Å². The molecule has 2 atom stereocenters. The molecular formula is C24H20FN3O. The third kappa shape index (κ3) is 3.29. The summed E-state index contributed by atoms with van der Waals surface area (Å²) in [5.41, 5.74) is 5.30. The number of anilines is 2. The molecule has 5 heteroatoms. The molecule has 0 radical (unpaired) electrons. The molecule has 5 rings (SSSR count). The van der Waals surface area contributed by atoms with Crippen LogP contribution in [0.2, 0.25) is 0 Å². The number of carbonyl (C=O) groups excluding carboxylic acids is 1. The van der Waals surface area contributed by atoms with Crippen molar-refractivity contribution in [3.05, 3.63) is 101 Å². The molecule has 1 aliphatic heterocycles. The van der Waals surface area contributed by atoms with Gasteiger partial charge < -0.3 is 10.6 Å². The lowest BCUT2D eigenvalue weighted by Gasteiger charge is -2.29. The Hall–Kier alpha value is -3.47. The molecule has 0 saturated carbocycles. The van der Waals surface area contributed by atoms with Crippen molar-refractivity contribution in [3.8, 4) is 0 Å². The second-order valence-corrected chi connectivity index (χ2v) is 7.47. The van der Waals surface area contributed by atoms with E-state index in [-0.39, 0.29) is 23.6 Å². The van der Waals surface area contributed by atoms with Crippen molar-refractivity contribution < 1.29 is 9.18 Å². The largest absolute Gasteiger partial charge is 0.371 e. The number of ketones is 1. The van der Waals surface area contributed by atoms with Crippen LogP contribution in [-0.2, 0) is 4.79 Å². The molecule has 0 fully saturated rings. The van der Waals surface area contributed by atoms with Gasteiger partial charge in [0.2, 0.25) is 0 Å². The molecule has 3 aromatic rings. The predicted molar refractivity (Wildman–Crippen MR) is 111 cm³/mol. The van der Waals surface area contributed by atoms with Crippen LogP contribution in [0.1, 0.15) is 36.1 Å². The molecule has 1 aromatic heterocycles. The fourth-order valence-corrected chi connectivity index (χ4v) is 4.23. The number of carbonyl (C=O) groups is 1. The molecular weight excluding hydrogens is 365 g/mol. The molecule has 2 aliphatic rings. The quantitative estimate of drug-likeness (QED) is 0.637. The third-order valence-electron chi connectivity index (χ3n) is 5.63. The van der Waals surface area contributed by atoms with Crippen molar-refractivity contribution in [3.63, 3.8) is 0 Å². The fourth-order valence-electron chi connectivity index (χ4n) is 4.23. The van der Waals surface area contributed by atoms with Crippen LogP contribution in [-0.4, -0.2) is 10.8 Å². The van der Waals surface area contributed by atoms with Gasteiger partial charge in [-0.1, -0.05) is 30.3 Å². The lowest BCUT2D eigenvalue weighted by atomic mass is 9.79. The summed E-state index contributed by atoms with van der Waals surface area (Å²) in [6.07, 6.45) is 2.83. The van der Waals surface area contributed by atoms with E-state index < -0.39 is 0 Å². The van der Waals surface area contributed by atoms with Crippen LogP contribution in [0, 0.1) is 5.82 Å². The van der Waals surface area contributed by atoms with E-state index in [4.69, 9.17) is 0 Å². The van der Waals surface area contributed by atoms with Crippen LogP contribution in [0.15, 0.2) is 84.2 Å². The van der Waals surface area contributed by atoms with Crippen LogP contribution >= 0.6 is 0 Å². The van der Waals surface area contributed by atoms with Crippen molar-refractivity contribution in [1.29, 1.82) is 0 Å². The lowest BCUT2D eigenvalue weighted by molar-refractivity contribution is -0.116. The summed E-state index contributed by atoms with van der Waals surface area (Å²) in [5, 5.41) is 7.01. The summed E-state index contributed by atoms with van der Waals surface area (Å²) in [5.74, 6) is -0.162. The summed E-state index contributed by atoms with van der Waals surface area (Å²) in [4.78, 5) is 17.8. The Morgan fingerprint density at radius 3 is 2.41 bits per heavy atom. The van der Waals surface area contributed by atoms with Crippen molar-refractivity contribution in [1.82, 2.24) is 4.98 Å². The van der Waals surface area contributed by atoms with E-state index in [0.717, 1.165) is 33.9 Å². The SMILES string of the molecule is O=C1CC(c2ccc(F)cc2)CC2=C1C(c1ccccn1)Nc1ccccc1N2. The lowest BCUT2D eigenvalue weighted by Crippen LogP contribution is -2.27. The Morgan fingerprint density at radius 2 is 1.66 bits per heavy atom. The average molecular weight is 385 g/mol. The zero-order chi connectivity index (χ0) is 19.8. The van der Waals surface area contributed by atoms with Crippen molar-refractivity contribution in [2.24, 2.45) is 0 Å². The summed E-state index contributed by atoms with van der Waals surface area (Å²) in [6, 6.07) is 19.8. The number of fused-ring (bicyclic) bond motifs is 1. The number of hydrogen-bond acceptors (Lipinski definition) is 4. The Morgan fingerprint density at radius 1 is 0.897 bits per heavy atom. The van der Waals surface area contributed by atoms with Gasteiger partial charge in [0.15, 0.2) is 5.78 Å². The normalized spacial score (nSPS) is 20.8. The van der Waals surface area contributed by atoms with Crippen LogP contribution in [0.25, 0.3) is 0 Å². The smallest absolute Gasteiger partial charge is 0.163 e. The number of nitrogens with one attached hydrogen (secondary N) is 2. The standard InChI is InChI=1S/C24H20FN3O/c25-17-10-8-15(9-11-17)16-13-21-23(22(29)14-16)24(20-7-3-4-12-26-20)28-19-6-2-1-5-18(19)27-21/h1-12,16,24,27-28H,13-14H2. The van der Waals surface area contributed by atoms with Crippen molar-refractivity contribution in [2.45, 2.75) is 24.8 Å². The first-order chi connectivity index (χ1) is 14.2. The Bertz CT molecular complexity index is 1090. The highest BCUT2D eigenvalue weighted by molar-refractivity contribution is 6.01. The molecule has 144 valence electrons. The topological polar surface area (TPSA) is 54.0 Å². The second-order valence-electron chi connectivity index (χ2n) is 7.47. The van der Waals surface area contributed by atoms with Gasteiger partial charge in [-0.2, -0.15) is 0 Å². The van der Waals surface area contributed by atoms with Crippen LogP contribution < -0.4 is 10.6 Å². The van der Waals surface area contributed by atoms with Gasteiger partial charge >= 0.3 is 0 Å². The van der Waals surface area contributed by atoms with Gasteiger partial charge in [0, 0.05) is 23.9 Å². The minimum Gasteiger partial charge on any atom is -0.371 e. The van der Waals surface area contributed by atoms with Gasteiger partial charge in [0.1, 0.15) is 5.82 Å². The van der Waals surface area contributed by atoms with Crippen molar-refractivity contribution in [2.75, 3.05) is 10.6 Å². The summed E-state index contributed by atoms with van der Waals surface area (Å²) in [7, 11) is 0. The van der Waals surface area contributed by atoms with Gasteiger partial charge in [-0.3, -0.25) is 9.78 Å². The highest BCUT2D eigenvalue weighted by Gasteiger charge is 2.36. The Balaban J connectivity index is 1.60. The fraction of sp³-hybridized carbons (Fsp3) is 0.167. The number of para-hydroxylation sites is 2. The molecule has 2 heterocycles. The van der Waals surface area contributed by atoms with Crippen LogP contribution in [0.3, 0.4) is 0 Å². The minimum atomic E-state index is -0.316. The van der Waals surface area contributed by atoms with Gasteiger partial charge in [0.05, 0.1) is 23.1 Å². The van der Waals surface area contributed by atoms with Gasteiger partial charge in [-0.05, 0) is 54.3 Å². The predicted octanol–water partition coefficient (Wildman–Crippen LogP) is 5.20. The van der Waals surface area contributed by atoms with Gasteiger partial charge in [-0.15, -0.1) is 0 Å². The molecule has 1 aliphatic carbocycles. The number of halogens is 1. The summed E-state index contributed by atoms with van der Waals surface area (Å²) >= 11 is 0. The average Bonchev–Trinajstić information content (AvgIpc) is 2.92. The minimum absolute atomic E-state index is 0.0176. The van der Waals surface area contributed by atoms with Crippen LogP contribution in [0.5, 0.6) is 0 Å². The maximum atomic E-state index is 13.4. The van der Waals surface area contributed by atoms with E-state index in [9.17, 15) is 9.18 Å². The van der Waals surface area contributed by atoms with E-state index in [0.29, 0.717) is 12.8 Å². The highest BCUT2D eigenvalue weighted by Crippen LogP contribution is 2.43. The number of allylic oxidation sites excluding steroid dienone is 1. The molecule has 0 amide bonds. The molecule has 0 saturated heterocycles. The first-order valence-corrected chi connectivity index (χ1v) is 9.74. The van der Waals surface area contributed by atoms with E-state index in [1.54, 1.807) is 18.3 Å². The molecule has 0 spiro atoms. The van der Waals surface area contributed by atoms with Crippen molar-refractivity contribution >= 4 is 17.2 Å². The number of hydrogen-bond donors (Lipinski definition) is 2. The number of benzene rings is 2. The maximum absolute atomic E-state index is 13.4. The second kappa shape index (κ2) is 7.17. The molecule has 0 bridgehead atoms. The van der Waals surface area contributed by atoms with E-state index in [1.165, 1.54) is 12.1 Å². The number of pyridine rings is 1. The summed E-state index contributed by atoms with van der Waals surface area (Å²) in [6.45, 7) is 0. The first-order valence-electron chi connectivity index (χ1n) is 9.74. The molecule has 2 unspecified atom stereocenters. The molecule has 4 nitrogen and oxygen atoms in total. The van der Waals surface area contributed by atoms with Gasteiger partial charge in [-0.25, -0.2) is 4.39 Å². The zero-order valence-electron chi connectivity index (χ0n) is 15.7. The molecule has 2 aromatic carbocycles. The van der Waals surface area contributed by atoms with E-state index >= 15 is 0 Å². The number of nitrogens with zero attached hydrogens (tertiary/aromatic N) is 1. The molecule has 2 N–H and O–H groups in total. The monoisotopic (exact) mass is 385 g/mol. The maximum Gasteiger partial charge on any atom is 0.163 e. The molecule has 29 heavy (non-hydrogen) atoms. The first kappa shape index (κ1) is 17.6. The third-order valence-corrected chi connectivity index (χ3v) is 5.63. The number of aromatic nitrogens is 1. The van der Waals surface area contributed by atoms with Crippen LogP contribution in [0.4, 0.5) is 15.8 Å². The summed E-state index contributed by atoms with van der Waals surface area (Å²) < 4.78 is 13.4. The Kier molecular flexibility index (Phi) is 4.35. The Labute approximate surface area is 168 Å². The van der Waals surface area contributed by atoms with E-state index in [1.807, 2.05) is 42.5 Å². The van der Waals surface area contributed by atoms with Gasteiger partial charge in [0.25, 0.3) is 0 Å². The number of rotatable bonds is 2. The number of Topliss-reactive ketones (excluding diaryl/α,β-unsaturated/α-hetero) is 1. The zero-order valence-corrected chi connectivity index (χ0v) is 15.7. The highest BCUT2D eigenvalue weighted by atomic mass is 19.1.